The first-order chi connectivity index (χ1) is 15.8. The average molecular weight is 432 g/mol. The highest BCUT2D eigenvalue weighted by atomic mass is 16.5. The topological polar surface area (TPSA) is 95.9 Å². The van der Waals surface area contributed by atoms with Gasteiger partial charge in [-0.1, -0.05) is 48.5 Å². The molecule has 0 heterocycles. The zero-order valence-electron chi connectivity index (χ0n) is 18.8. The van der Waals surface area contributed by atoms with Crippen LogP contribution in [0.25, 0.3) is 11.1 Å². The summed E-state index contributed by atoms with van der Waals surface area (Å²) in [5.41, 5.74) is 5.98. The minimum absolute atomic E-state index is 0.0279. The molecule has 3 N–H and O–H groups in total. The first kappa shape index (κ1) is 20.1. The SMILES string of the molecule is [2H]C(OC(=O)N[C@@H](Cc1c(C)cc(O)cc1C)C(=O)O)C1c2ccccc2-c2ccccc21. The third-order valence-electron chi connectivity index (χ3n) is 5.87. The van der Waals surface area contributed by atoms with Crippen molar-refractivity contribution < 1.29 is 25.9 Å². The van der Waals surface area contributed by atoms with Crippen LogP contribution in [0.5, 0.6) is 5.75 Å². The number of hydrogen-bond donors (Lipinski definition) is 3. The first-order valence-electron chi connectivity index (χ1n) is 10.9. The lowest BCUT2D eigenvalue weighted by atomic mass is 9.96. The number of ether oxygens (including phenoxy) is 1. The number of amides is 1. The maximum atomic E-state index is 12.6. The number of carboxylic acid groups (broad SMARTS) is 1. The second-order valence-electron chi connectivity index (χ2n) is 7.99. The third-order valence-corrected chi connectivity index (χ3v) is 5.87. The lowest BCUT2D eigenvalue weighted by Crippen LogP contribution is -2.43. The van der Waals surface area contributed by atoms with E-state index >= 15 is 0 Å². The third kappa shape index (κ3) is 4.17. The van der Waals surface area contributed by atoms with Crippen molar-refractivity contribution in [3.8, 4) is 16.9 Å². The van der Waals surface area contributed by atoms with Crippen LogP contribution in [0, 0.1) is 13.8 Å². The molecular formula is C26H25NO5. The van der Waals surface area contributed by atoms with Crippen molar-refractivity contribution in [1.82, 2.24) is 5.32 Å². The molecule has 0 saturated carbocycles. The van der Waals surface area contributed by atoms with Crippen molar-refractivity contribution in [1.29, 1.82) is 0 Å². The largest absolute Gasteiger partial charge is 0.508 e. The molecule has 0 radical (unpaired) electrons. The van der Waals surface area contributed by atoms with Crippen LogP contribution in [0.2, 0.25) is 0 Å². The molecule has 6 heteroatoms. The summed E-state index contributed by atoms with van der Waals surface area (Å²) in [6.07, 6.45) is -0.932. The molecule has 6 nitrogen and oxygen atoms in total. The van der Waals surface area contributed by atoms with E-state index in [9.17, 15) is 19.8 Å². The molecule has 1 amide bonds. The van der Waals surface area contributed by atoms with Crippen LogP contribution in [0.3, 0.4) is 0 Å². The summed E-state index contributed by atoms with van der Waals surface area (Å²) in [6.45, 7) is 2.30. The van der Waals surface area contributed by atoms with Gasteiger partial charge in [0.25, 0.3) is 0 Å². The van der Waals surface area contributed by atoms with E-state index in [0.717, 1.165) is 38.9 Å². The van der Waals surface area contributed by atoms with Crippen molar-refractivity contribution in [3.05, 3.63) is 88.5 Å². The number of benzene rings is 3. The Morgan fingerprint density at radius 2 is 1.56 bits per heavy atom. The second-order valence-corrected chi connectivity index (χ2v) is 7.99. The quantitative estimate of drug-likeness (QED) is 0.531. The Morgan fingerprint density at radius 3 is 2.09 bits per heavy atom. The number of carboxylic acids is 1. The number of aryl methyl sites for hydroxylation is 2. The van der Waals surface area contributed by atoms with Gasteiger partial charge in [0.05, 0.1) is 1.37 Å². The molecule has 0 aliphatic heterocycles. The lowest BCUT2D eigenvalue weighted by Gasteiger charge is -2.19. The lowest BCUT2D eigenvalue weighted by molar-refractivity contribution is -0.139. The van der Waals surface area contributed by atoms with E-state index in [1.807, 2.05) is 48.5 Å². The summed E-state index contributed by atoms with van der Waals surface area (Å²) in [6, 6.07) is 17.3. The van der Waals surface area contributed by atoms with Gasteiger partial charge >= 0.3 is 12.1 Å². The Hall–Kier alpha value is -3.80. The Bertz CT molecular complexity index is 1160. The summed E-state index contributed by atoms with van der Waals surface area (Å²) in [5, 5.41) is 21.8. The van der Waals surface area contributed by atoms with Crippen LogP contribution < -0.4 is 5.32 Å². The standard InChI is InChI=1S/C26H25NO5/c1-15-11-17(28)12-16(2)22(15)13-24(25(29)30)27-26(31)32-14-23-20-9-5-3-7-18(20)19-8-4-6-10-21(19)23/h3-12,23-24,28H,13-14H2,1-2H3,(H,27,31)(H,29,30)/t24-/m0/s1/i14D/t14?,24-. The van der Waals surface area contributed by atoms with E-state index in [0.29, 0.717) is 0 Å². The van der Waals surface area contributed by atoms with E-state index in [1.54, 1.807) is 26.0 Å². The van der Waals surface area contributed by atoms with Crippen LogP contribution in [0.4, 0.5) is 4.79 Å². The second kappa shape index (κ2) is 8.75. The zero-order valence-corrected chi connectivity index (χ0v) is 17.8. The molecule has 1 aliphatic carbocycles. The number of nitrogens with one attached hydrogen (secondary N) is 1. The van der Waals surface area contributed by atoms with Crippen LogP contribution in [-0.2, 0) is 16.0 Å². The number of phenols is 1. The molecule has 0 aromatic heterocycles. The van der Waals surface area contributed by atoms with Gasteiger partial charge in [-0.05, 0) is 64.9 Å². The summed E-state index contributed by atoms with van der Waals surface area (Å²) in [7, 11) is 0. The maximum absolute atomic E-state index is 12.6. The fourth-order valence-electron chi connectivity index (χ4n) is 4.34. The molecule has 3 aromatic rings. The number of rotatable bonds is 6. The molecule has 0 spiro atoms. The fraction of sp³-hybridized carbons (Fsp3) is 0.231. The van der Waals surface area contributed by atoms with E-state index in [4.69, 9.17) is 6.11 Å². The van der Waals surface area contributed by atoms with Crippen molar-refractivity contribution in [2.75, 3.05) is 6.58 Å². The summed E-state index contributed by atoms with van der Waals surface area (Å²) >= 11 is 0. The van der Waals surface area contributed by atoms with Crippen molar-refractivity contribution in [2.24, 2.45) is 0 Å². The first-order valence-corrected chi connectivity index (χ1v) is 10.4. The van der Waals surface area contributed by atoms with E-state index in [1.165, 1.54) is 0 Å². The summed E-state index contributed by atoms with van der Waals surface area (Å²) < 4.78 is 13.9. The molecular weight excluding hydrogens is 406 g/mol. The molecule has 164 valence electrons. The van der Waals surface area contributed by atoms with Gasteiger partial charge in [-0.3, -0.25) is 0 Å². The highest BCUT2D eigenvalue weighted by Gasteiger charge is 2.30. The highest BCUT2D eigenvalue weighted by Crippen LogP contribution is 2.44. The van der Waals surface area contributed by atoms with E-state index in [2.05, 4.69) is 5.32 Å². The maximum Gasteiger partial charge on any atom is 0.407 e. The number of hydrogen-bond acceptors (Lipinski definition) is 4. The van der Waals surface area contributed by atoms with Crippen molar-refractivity contribution in [3.63, 3.8) is 0 Å². The predicted molar refractivity (Wildman–Crippen MR) is 121 cm³/mol. The number of carbonyl (C=O) groups excluding carboxylic acids is 1. The Morgan fingerprint density at radius 1 is 1.03 bits per heavy atom. The van der Waals surface area contributed by atoms with Gasteiger partial charge in [0.15, 0.2) is 0 Å². The Balaban J connectivity index is 1.50. The number of aromatic hydroxyl groups is 1. The average Bonchev–Trinajstić information content (AvgIpc) is 3.09. The minimum atomic E-state index is -1.25. The molecule has 32 heavy (non-hydrogen) atoms. The smallest absolute Gasteiger partial charge is 0.407 e. The number of carbonyl (C=O) groups is 2. The van der Waals surface area contributed by atoms with Gasteiger partial charge in [-0.15, -0.1) is 0 Å². The molecule has 0 saturated heterocycles. The van der Waals surface area contributed by atoms with Gasteiger partial charge in [0, 0.05) is 12.3 Å². The number of fused-ring (bicyclic) bond motifs is 3. The Kier molecular flexibility index (Phi) is 5.50. The van der Waals surface area contributed by atoms with E-state index < -0.39 is 30.6 Å². The number of phenolic OH excluding ortho intramolecular Hbond substituents is 1. The van der Waals surface area contributed by atoms with Crippen LogP contribution in [0.1, 0.15) is 35.1 Å². The summed E-state index contributed by atoms with van der Waals surface area (Å²) in [5.74, 6) is -1.58. The van der Waals surface area contributed by atoms with E-state index in [-0.39, 0.29) is 12.2 Å². The van der Waals surface area contributed by atoms with Crippen LogP contribution >= 0.6 is 0 Å². The molecule has 0 bridgehead atoms. The molecule has 1 aliphatic rings. The number of alkyl carbamates (subject to hydrolysis) is 1. The highest BCUT2D eigenvalue weighted by molar-refractivity contribution is 5.81. The van der Waals surface area contributed by atoms with Gasteiger partial charge in [-0.25, -0.2) is 9.59 Å². The molecule has 0 fully saturated rings. The van der Waals surface area contributed by atoms with Gasteiger partial charge in [0.1, 0.15) is 18.4 Å². The predicted octanol–water partition coefficient (Wildman–Crippen LogP) is 4.54. The Labute approximate surface area is 187 Å². The monoisotopic (exact) mass is 432 g/mol. The molecule has 4 rings (SSSR count). The summed E-state index contributed by atoms with van der Waals surface area (Å²) in [4.78, 5) is 24.4. The minimum Gasteiger partial charge on any atom is -0.508 e. The normalized spacial score (nSPS) is 14.6. The molecule has 2 atom stereocenters. The van der Waals surface area contributed by atoms with Crippen LogP contribution in [0.15, 0.2) is 60.7 Å². The van der Waals surface area contributed by atoms with Gasteiger partial charge in [-0.2, -0.15) is 0 Å². The van der Waals surface area contributed by atoms with Gasteiger partial charge in [0.2, 0.25) is 0 Å². The van der Waals surface area contributed by atoms with Gasteiger partial charge < -0.3 is 20.3 Å². The molecule has 1 unspecified atom stereocenters. The zero-order chi connectivity index (χ0) is 23.7. The fourth-order valence-corrected chi connectivity index (χ4v) is 4.34. The molecule has 3 aromatic carbocycles. The van der Waals surface area contributed by atoms with Crippen molar-refractivity contribution in [2.45, 2.75) is 32.2 Å². The number of aliphatic carboxylic acids is 1. The van der Waals surface area contributed by atoms with Crippen LogP contribution in [-0.4, -0.2) is 34.9 Å². The van der Waals surface area contributed by atoms with Crippen molar-refractivity contribution >= 4 is 12.1 Å².